The number of carbonyl (C=O) groups excluding carboxylic acids is 1. The highest BCUT2D eigenvalue weighted by atomic mass is 32.2. The van der Waals surface area contributed by atoms with E-state index in [4.69, 9.17) is 0 Å². The van der Waals surface area contributed by atoms with Gasteiger partial charge in [0.2, 0.25) is 5.91 Å². The van der Waals surface area contributed by atoms with Crippen LogP contribution < -0.4 is 5.32 Å². The van der Waals surface area contributed by atoms with E-state index >= 15 is 0 Å². The van der Waals surface area contributed by atoms with Crippen LogP contribution in [0, 0.1) is 12.7 Å². The molecule has 1 amide bonds. The summed E-state index contributed by atoms with van der Waals surface area (Å²) in [5.74, 6) is -0.390. The Morgan fingerprint density at radius 1 is 1.04 bits per heavy atom. The molecule has 0 aromatic heterocycles. The van der Waals surface area contributed by atoms with E-state index in [1.165, 1.54) is 23.2 Å². The van der Waals surface area contributed by atoms with Crippen LogP contribution in [0.5, 0.6) is 0 Å². The van der Waals surface area contributed by atoms with Crippen molar-refractivity contribution in [1.29, 1.82) is 0 Å². The molecule has 0 aliphatic rings. The van der Waals surface area contributed by atoms with E-state index in [-0.39, 0.29) is 17.3 Å². The number of rotatable bonds is 4. The van der Waals surface area contributed by atoms with Crippen LogP contribution in [0.1, 0.15) is 5.56 Å². The fourth-order valence-electron chi connectivity index (χ4n) is 2.33. The number of amides is 1. The first-order chi connectivity index (χ1) is 11.1. The molecule has 0 atom stereocenters. The molecule has 3 rings (SSSR count). The van der Waals surface area contributed by atoms with Crippen molar-refractivity contribution in [2.24, 2.45) is 0 Å². The molecule has 3 aromatic carbocycles. The van der Waals surface area contributed by atoms with Gasteiger partial charge in [0.15, 0.2) is 0 Å². The molecular weight excluding hydrogens is 309 g/mol. The molecule has 0 bridgehead atoms. The van der Waals surface area contributed by atoms with Gasteiger partial charge in [-0.15, -0.1) is 11.8 Å². The van der Waals surface area contributed by atoms with Crippen LogP contribution in [0.15, 0.2) is 65.6 Å². The molecule has 1 N–H and O–H groups in total. The topological polar surface area (TPSA) is 29.1 Å². The molecule has 2 nitrogen and oxygen atoms in total. The van der Waals surface area contributed by atoms with Gasteiger partial charge in [-0.25, -0.2) is 4.39 Å². The molecule has 0 fully saturated rings. The number of halogens is 1. The average molecular weight is 325 g/mol. The number of fused-ring (bicyclic) bond motifs is 1. The van der Waals surface area contributed by atoms with E-state index in [0.717, 1.165) is 15.8 Å². The molecule has 0 aliphatic carbocycles. The number of thioether (sulfide) groups is 1. The highest BCUT2D eigenvalue weighted by Crippen LogP contribution is 2.24. The molecule has 0 spiro atoms. The maximum Gasteiger partial charge on any atom is 0.234 e. The summed E-state index contributed by atoms with van der Waals surface area (Å²) in [7, 11) is 0. The fourth-order valence-corrected chi connectivity index (χ4v) is 3.07. The van der Waals surface area contributed by atoms with Crippen molar-refractivity contribution in [3.63, 3.8) is 0 Å². The first-order valence-corrected chi connectivity index (χ1v) is 8.28. The van der Waals surface area contributed by atoms with Gasteiger partial charge in [-0.2, -0.15) is 0 Å². The van der Waals surface area contributed by atoms with Crippen molar-refractivity contribution in [2.75, 3.05) is 11.1 Å². The summed E-state index contributed by atoms with van der Waals surface area (Å²) in [6.45, 7) is 1.86. The van der Waals surface area contributed by atoms with Crippen molar-refractivity contribution in [2.45, 2.75) is 11.8 Å². The Morgan fingerprint density at radius 3 is 2.65 bits per heavy atom. The summed E-state index contributed by atoms with van der Waals surface area (Å²) in [6, 6.07) is 18.8. The Hall–Kier alpha value is -2.33. The number of nitrogens with one attached hydrogen (secondary N) is 1. The third-order valence-electron chi connectivity index (χ3n) is 3.49. The number of aryl methyl sites for hydroxylation is 1. The lowest BCUT2D eigenvalue weighted by Crippen LogP contribution is -2.15. The van der Waals surface area contributed by atoms with Crippen LogP contribution in [0.2, 0.25) is 0 Å². The molecular formula is C19H16FNOS. The maximum absolute atomic E-state index is 13.6. The number of hydrogen-bond acceptors (Lipinski definition) is 2. The second kappa shape index (κ2) is 6.84. The second-order valence-electron chi connectivity index (χ2n) is 5.33. The SMILES string of the molecule is Cc1ccc(F)c(NC(=O)CSc2ccc3ccccc3c2)c1. The van der Waals surface area contributed by atoms with Crippen LogP contribution in [0.4, 0.5) is 10.1 Å². The Morgan fingerprint density at radius 2 is 1.83 bits per heavy atom. The first-order valence-electron chi connectivity index (χ1n) is 7.29. The third kappa shape index (κ3) is 3.90. The van der Waals surface area contributed by atoms with E-state index in [2.05, 4.69) is 17.4 Å². The number of carbonyl (C=O) groups is 1. The van der Waals surface area contributed by atoms with Crippen molar-refractivity contribution in [3.05, 3.63) is 72.0 Å². The quantitative estimate of drug-likeness (QED) is 0.683. The Balaban J connectivity index is 1.64. The average Bonchev–Trinajstić information content (AvgIpc) is 2.56. The van der Waals surface area contributed by atoms with Gasteiger partial charge in [0.05, 0.1) is 11.4 Å². The van der Waals surface area contributed by atoms with E-state index < -0.39 is 5.82 Å². The number of benzene rings is 3. The zero-order valence-electron chi connectivity index (χ0n) is 12.7. The molecule has 3 aromatic rings. The fraction of sp³-hybridized carbons (Fsp3) is 0.105. The highest BCUT2D eigenvalue weighted by molar-refractivity contribution is 8.00. The molecule has 0 heterocycles. The molecule has 0 saturated carbocycles. The van der Waals surface area contributed by atoms with Gasteiger partial charge in [0.25, 0.3) is 0 Å². The molecule has 0 unspecified atom stereocenters. The minimum absolute atomic E-state index is 0.215. The standard InChI is InChI=1S/C19H16FNOS/c1-13-6-9-17(20)18(10-13)21-19(22)12-23-16-8-7-14-4-2-3-5-15(14)11-16/h2-11H,12H2,1H3,(H,21,22). The molecule has 4 heteroatoms. The van der Waals surface area contributed by atoms with E-state index in [9.17, 15) is 9.18 Å². The largest absolute Gasteiger partial charge is 0.323 e. The van der Waals surface area contributed by atoms with Crippen LogP contribution in [-0.2, 0) is 4.79 Å². The van der Waals surface area contributed by atoms with Crippen LogP contribution in [-0.4, -0.2) is 11.7 Å². The van der Waals surface area contributed by atoms with Gasteiger partial charge in [0.1, 0.15) is 5.82 Å². The second-order valence-corrected chi connectivity index (χ2v) is 6.38. The minimum Gasteiger partial charge on any atom is -0.323 e. The summed E-state index contributed by atoms with van der Waals surface area (Å²) < 4.78 is 13.6. The van der Waals surface area contributed by atoms with Gasteiger partial charge in [-0.05, 0) is 47.5 Å². The summed E-state index contributed by atoms with van der Waals surface area (Å²) in [6.07, 6.45) is 0. The van der Waals surface area contributed by atoms with E-state index in [0.29, 0.717) is 0 Å². The Labute approximate surface area is 138 Å². The number of hydrogen-bond donors (Lipinski definition) is 1. The van der Waals surface area contributed by atoms with Crippen molar-refractivity contribution >= 4 is 34.1 Å². The zero-order chi connectivity index (χ0) is 16.2. The molecule has 0 aliphatic heterocycles. The summed E-state index contributed by atoms with van der Waals surface area (Å²) >= 11 is 1.44. The van der Waals surface area contributed by atoms with Gasteiger partial charge >= 0.3 is 0 Å². The molecule has 0 saturated heterocycles. The molecule has 116 valence electrons. The van der Waals surface area contributed by atoms with Crippen LogP contribution in [0.25, 0.3) is 10.8 Å². The van der Waals surface area contributed by atoms with Gasteiger partial charge in [-0.3, -0.25) is 4.79 Å². The highest BCUT2D eigenvalue weighted by Gasteiger charge is 2.08. The lowest BCUT2D eigenvalue weighted by molar-refractivity contribution is -0.113. The van der Waals surface area contributed by atoms with Crippen LogP contribution >= 0.6 is 11.8 Å². The normalized spacial score (nSPS) is 10.7. The van der Waals surface area contributed by atoms with Crippen LogP contribution in [0.3, 0.4) is 0 Å². The first kappa shape index (κ1) is 15.6. The van der Waals surface area contributed by atoms with Gasteiger partial charge in [0, 0.05) is 4.90 Å². The van der Waals surface area contributed by atoms with Gasteiger partial charge < -0.3 is 5.32 Å². The maximum atomic E-state index is 13.6. The Kier molecular flexibility index (Phi) is 4.63. The summed E-state index contributed by atoms with van der Waals surface area (Å²) in [5, 5.41) is 4.93. The van der Waals surface area contributed by atoms with Crippen molar-refractivity contribution in [3.8, 4) is 0 Å². The predicted octanol–water partition coefficient (Wildman–Crippen LogP) is 5.02. The monoisotopic (exact) mass is 325 g/mol. The minimum atomic E-state index is -0.417. The van der Waals surface area contributed by atoms with E-state index in [1.54, 1.807) is 12.1 Å². The predicted molar refractivity (Wildman–Crippen MR) is 94.4 cm³/mol. The number of anilines is 1. The zero-order valence-corrected chi connectivity index (χ0v) is 13.5. The summed E-state index contributed by atoms with van der Waals surface area (Å²) in [4.78, 5) is 13.0. The smallest absolute Gasteiger partial charge is 0.234 e. The molecule has 23 heavy (non-hydrogen) atoms. The van der Waals surface area contributed by atoms with Crippen molar-refractivity contribution < 1.29 is 9.18 Å². The van der Waals surface area contributed by atoms with E-state index in [1.807, 2.05) is 37.3 Å². The summed E-state index contributed by atoms with van der Waals surface area (Å²) in [5.41, 5.74) is 1.14. The lowest BCUT2D eigenvalue weighted by atomic mass is 10.1. The van der Waals surface area contributed by atoms with Crippen molar-refractivity contribution in [1.82, 2.24) is 0 Å². The Bertz CT molecular complexity index is 863. The third-order valence-corrected chi connectivity index (χ3v) is 4.48. The van der Waals surface area contributed by atoms with Gasteiger partial charge in [-0.1, -0.05) is 36.4 Å². The molecule has 0 radical (unpaired) electrons. The lowest BCUT2D eigenvalue weighted by Gasteiger charge is -2.08.